The fraction of sp³-hybridized carbons (Fsp3) is 0.500. The van der Waals surface area contributed by atoms with Crippen LogP contribution in [0.15, 0.2) is 5.10 Å². The van der Waals surface area contributed by atoms with Crippen molar-refractivity contribution in [3.63, 3.8) is 0 Å². The molecule has 0 aliphatic carbocycles. The van der Waals surface area contributed by atoms with Crippen LogP contribution in [-0.4, -0.2) is 30.9 Å². The molecule has 0 aliphatic heterocycles. The van der Waals surface area contributed by atoms with Gasteiger partial charge < -0.3 is 0 Å². The van der Waals surface area contributed by atoms with Crippen LogP contribution in [0.25, 0.3) is 0 Å². The molecule has 0 fully saturated rings. The maximum Gasteiger partial charge on any atom is 0.216 e. The Balaban J connectivity index is 2.35. The molecule has 0 aliphatic rings. The number of halogens is 1. The summed E-state index contributed by atoms with van der Waals surface area (Å²) >= 11 is 11.4. The summed E-state index contributed by atoms with van der Waals surface area (Å²) in [4.78, 5) is 0. The van der Waals surface area contributed by atoms with E-state index in [-0.39, 0.29) is 0 Å². The van der Waals surface area contributed by atoms with Gasteiger partial charge >= 0.3 is 0 Å². The zero-order valence-corrected chi connectivity index (χ0v) is 13.5. The average Bonchev–Trinajstić information content (AvgIpc) is 2.80. The van der Waals surface area contributed by atoms with Crippen LogP contribution in [0, 0.1) is 24.5 Å². The first-order valence-electron chi connectivity index (χ1n) is 6.31. The molecular weight excluding hydrogens is 296 g/mol. The second-order valence-corrected chi connectivity index (χ2v) is 5.74. The van der Waals surface area contributed by atoms with Gasteiger partial charge in [-0.2, -0.15) is 20.0 Å². The third kappa shape index (κ3) is 2.99. The molecule has 0 saturated heterocycles. The highest BCUT2D eigenvalue weighted by Crippen LogP contribution is 2.19. The Morgan fingerprint density at radius 3 is 2.70 bits per heavy atom. The Morgan fingerprint density at radius 2 is 2.15 bits per heavy atom. The molecule has 2 aromatic heterocycles. The quantitative estimate of drug-likeness (QED) is 0.697. The highest BCUT2D eigenvalue weighted by atomic mass is 35.5. The Labute approximate surface area is 127 Å². The van der Waals surface area contributed by atoms with Crippen molar-refractivity contribution in [2.24, 2.45) is 11.0 Å². The van der Waals surface area contributed by atoms with E-state index in [1.165, 1.54) is 0 Å². The van der Waals surface area contributed by atoms with Gasteiger partial charge in [0.1, 0.15) is 11.0 Å². The Kier molecular flexibility index (Phi) is 4.39. The van der Waals surface area contributed by atoms with Crippen molar-refractivity contribution in [2.75, 3.05) is 0 Å². The number of aryl methyl sites for hydroxylation is 2. The minimum Gasteiger partial charge on any atom is -0.253 e. The van der Waals surface area contributed by atoms with Gasteiger partial charge in [0.25, 0.3) is 0 Å². The van der Waals surface area contributed by atoms with Gasteiger partial charge in [0, 0.05) is 6.54 Å². The van der Waals surface area contributed by atoms with Crippen molar-refractivity contribution in [3.8, 4) is 0 Å². The molecule has 0 radical (unpaired) electrons. The monoisotopic (exact) mass is 312 g/mol. The number of rotatable bonds is 4. The highest BCUT2D eigenvalue weighted by Gasteiger charge is 2.12. The van der Waals surface area contributed by atoms with Crippen molar-refractivity contribution < 1.29 is 0 Å². The van der Waals surface area contributed by atoms with Gasteiger partial charge in [0.2, 0.25) is 4.77 Å². The predicted molar refractivity (Wildman–Crippen MR) is 82.0 cm³/mol. The molecule has 1 N–H and O–H groups in total. The molecule has 0 amide bonds. The lowest BCUT2D eigenvalue weighted by Crippen LogP contribution is -2.06. The molecule has 0 atom stereocenters. The van der Waals surface area contributed by atoms with E-state index in [9.17, 15) is 0 Å². The van der Waals surface area contributed by atoms with Gasteiger partial charge in [-0.1, -0.05) is 25.4 Å². The third-order valence-electron chi connectivity index (χ3n) is 2.76. The summed E-state index contributed by atoms with van der Waals surface area (Å²) in [5, 5.41) is 16.0. The van der Waals surface area contributed by atoms with Crippen molar-refractivity contribution in [3.05, 3.63) is 27.0 Å². The zero-order valence-electron chi connectivity index (χ0n) is 11.9. The first-order chi connectivity index (χ1) is 9.40. The lowest BCUT2D eigenvalue weighted by Gasteiger charge is -2.05. The van der Waals surface area contributed by atoms with Crippen molar-refractivity contribution in [1.29, 1.82) is 0 Å². The van der Waals surface area contributed by atoms with Crippen LogP contribution in [0.4, 0.5) is 0 Å². The summed E-state index contributed by atoms with van der Waals surface area (Å²) in [6, 6.07) is 0. The Bertz CT molecular complexity index is 693. The molecule has 0 bridgehead atoms. The maximum atomic E-state index is 6.34. The van der Waals surface area contributed by atoms with Crippen LogP contribution < -0.4 is 0 Å². The SMILES string of the molecule is Cc1nn(CC(C)C)c(Cl)c1/C=N\n1c(C)n[nH]c1=S. The average molecular weight is 313 g/mol. The summed E-state index contributed by atoms with van der Waals surface area (Å²) < 4.78 is 3.79. The fourth-order valence-electron chi connectivity index (χ4n) is 1.80. The van der Waals surface area contributed by atoms with Gasteiger partial charge in [-0.3, -0.25) is 9.78 Å². The summed E-state index contributed by atoms with van der Waals surface area (Å²) in [5.74, 6) is 1.16. The van der Waals surface area contributed by atoms with E-state index in [2.05, 4.69) is 34.2 Å². The number of nitrogens with one attached hydrogen (secondary N) is 1. The maximum absolute atomic E-state index is 6.34. The molecular formula is C12H17ClN6S. The molecule has 2 heterocycles. The second kappa shape index (κ2) is 5.88. The normalized spacial score (nSPS) is 11.9. The minimum absolute atomic E-state index is 0.446. The largest absolute Gasteiger partial charge is 0.253 e. The molecule has 20 heavy (non-hydrogen) atoms. The lowest BCUT2D eigenvalue weighted by atomic mass is 10.2. The van der Waals surface area contributed by atoms with E-state index in [0.717, 1.165) is 17.8 Å². The van der Waals surface area contributed by atoms with Gasteiger partial charge in [-0.25, -0.2) is 0 Å². The van der Waals surface area contributed by atoms with Crippen molar-refractivity contribution >= 4 is 30.0 Å². The standard InChI is InChI=1S/C12H17ClN6S/c1-7(2)6-18-11(13)10(8(3)17-18)5-14-19-9(4)15-16-12(19)20/h5,7H,6H2,1-4H3,(H,16,20)/b14-5-. The molecule has 0 unspecified atom stereocenters. The van der Waals surface area contributed by atoms with Crippen LogP contribution in [0.1, 0.15) is 30.9 Å². The number of aromatic nitrogens is 5. The molecule has 2 rings (SSSR count). The molecule has 2 aromatic rings. The Morgan fingerprint density at radius 1 is 1.45 bits per heavy atom. The van der Waals surface area contributed by atoms with Gasteiger partial charge in [0.05, 0.1) is 17.5 Å². The highest BCUT2D eigenvalue weighted by molar-refractivity contribution is 7.71. The van der Waals surface area contributed by atoms with E-state index >= 15 is 0 Å². The molecule has 6 nitrogen and oxygen atoms in total. The summed E-state index contributed by atoms with van der Waals surface area (Å²) in [7, 11) is 0. The minimum atomic E-state index is 0.446. The van der Waals surface area contributed by atoms with Crippen LogP contribution >= 0.6 is 23.8 Å². The van der Waals surface area contributed by atoms with E-state index in [0.29, 0.717) is 21.7 Å². The van der Waals surface area contributed by atoms with E-state index in [1.54, 1.807) is 15.6 Å². The van der Waals surface area contributed by atoms with Crippen molar-refractivity contribution in [2.45, 2.75) is 34.2 Å². The molecule has 108 valence electrons. The van der Waals surface area contributed by atoms with E-state index < -0.39 is 0 Å². The third-order valence-corrected chi connectivity index (χ3v) is 3.42. The lowest BCUT2D eigenvalue weighted by molar-refractivity contribution is 0.482. The molecule has 0 aromatic carbocycles. The second-order valence-electron chi connectivity index (χ2n) is 5.00. The first kappa shape index (κ1) is 14.9. The van der Waals surface area contributed by atoms with Gasteiger partial charge in [0.15, 0.2) is 0 Å². The molecule has 8 heteroatoms. The van der Waals surface area contributed by atoms with Crippen molar-refractivity contribution in [1.82, 2.24) is 24.7 Å². The predicted octanol–water partition coefficient (Wildman–Crippen LogP) is 2.95. The van der Waals surface area contributed by atoms with Crippen LogP contribution in [0.3, 0.4) is 0 Å². The van der Waals surface area contributed by atoms with E-state index in [1.807, 2.05) is 13.8 Å². The first-order valence-corrected chi connectivity index (χ1v) is 7.10. The summed E-state index contributed by atoms with van der Waals surface area (Å²) in [6.45, 7) is 8.74. The number of H-pyrrole nitrogens is 1. The van der Waals surface area contributed by atoms with Crippen LogP contribution in [-0.2, 0) is 6.54 Å². The smallest absolute Gasteiger partial charge is 0.216 e. The number of aromatic amines is 1. The zero-order chi connectivity index (χ0) is 14.9. The topological polar surface area (TPSA) is 63.8 Å². The molecule has 0 saturated carbocycles. The number of nitrogens with zero attached hydrogens (tertiary/aromatic N) is 5. The summed E-state index contributed by atoms with van der Waals surface area (Å²) in [5.41, 5.74) is 1.64. The number of hydrogen-bond donors (Lipinski definition) is 1. The molecule has 0 spiro atoms. The van der Waals surface area contributed by atoms with E-state index in [4.69, 9.17) is 23.8 Å². The van der Waals surface area contributed by atoms with Gasteiger partial charge in [-0.05, 0) is 32.0 Å². The Hall–Kier alpha value is -1.47. The van der Waals surface area contributed by atoms with Crippen LogP contribution in [0.5, 0.6) is 0 Å². The summed E-state index contributed by atoms with van der Waals surface area (Å²) in [6.07, 6.45) is 1.67. The number of hydrogen-bond acceptors (Lipinski definition) is 4. The fourth-order valence-corrected chi connectivity index (χ4v) is 2.32. The van der Waals surface area contributed by atoms with Gasteiger partial charge in [-0.15, -0.1) is 0 Å². The van der Waals surface area contributed by atoms with Crippen LogP contribution in [0.2, 0.25) is 5.15 Å².